The Morgan fingerprint density at radius 3 is 2.50 bits per heavy atom. The molecule has 0 fully saturated rings. The first-order valence-electron chi connectivity index (χ1n) is 5.81. The van der Waals surface area contributed by atoms with E-state index in [4.69, 9.17) is 0 Å². The first kappa shape index (κ1) is 12.0. The molecule has 1 N–H and O–H groups in total. The van der Waals surface area contributed by atoms with E-state index < -0.39 is 16.6 Å². The van der Waals surface area contributed by atoms with E-state index in [1.807, 2.05) is 0 Å². The lowest BCUT2D eigenvalue weighted by Crippen LogP contribution is -2.12. The Labute approximate surface area is 113 Å². The Morgan fingerprint density at radius 2 is 1.75 bits per heavy atom. The second-order valence-corrected chi connectivity index (χ2v) is 4.35. The van der Waals surface area contributed by atoms with Crippen molar-refractivity contribution < 1.29 is 14.5 Å². The van der Waals surface area contributed by atoms with Gasteiger partial charge in [-0.25, -0.2) is 0 Å². The largest absolute Gasteiger partial charge is 0.318 e. The van der Waals surface area contributed by atoms with Crippen molar-refractivity contribution in [1.29, 1.82) is 0 Å². The Balaban J connectivity index is 2.09. The van der Waals surface area contributed by atoms with Crippen LogP contribution in [0.5, 0.6) is 0 Å². The predicted octanol–water partition coefficient (Wildman–Crippen LogP) is 2.40. The maximum Gasteiger partial charge on any atom is 0.296 e. The van der Waals surface area contributed by atoms with Crippen LogP contribution in [0.1, 0.15) is 10.4 Å². The fourth-order valence-corrected chi connectivity index (χ4v) is 2.12. The van der Waals surface area contributed by atoms with Crippen molar-refractivity contribution in [3.05, 3.63) is 58.1 Å². The number of rotatable bonds is 2. The van der Waals surface area contributed by atoms with Crippen LogP contribution in [0.25, 0.3) is 11.1 Å². The first-order chi connectivity index (χ1) is 9.56. The van der Waals surface area contributed by atoms with Gasteiger partial charge in [0.15, 0.2) is 0 Å². The number of Topliss-reactive ketones (excluding diaryl/α,β-unsaturated/α-hetero) is 1. The summed E-state index contributed by atoms with van der Waals surface area (Å²) in [6.45, 7) is 0. The molecule has 0 aliphatic carbocycles. The van der Waals surface area contributed by atoms with E-state index in [1.165, 1.54) is 12.1 Å². The molecule has 1 heterocycles. The van der Waals surface area contributed by atoms with Crippen LogP contribution in [0.15, 0.2) is 42.5 Å². The second-order valence-electron chi connectivity index (χ2n) is 4.35. The van der Waals surface area contributed by atoms with Crippen LogP contribution in [0, 0.1) is 10.1 Å². The zero-order valence-corrected chi connectivity index (χ0v) is 10.1. The molecule has 98 valence electrons. The monoisotopic (exact) mass is 268 g/mol. The van der Waals surface area contributed by atoms with Crippen LogP contribution >= 0.6 is 0 Å². The van der Waals surface area contributed by atoms with Crippen LogP contribution in [0.4, 0.5) is 11.4 Å². The van der Waals surface area contributed by atoms with Crippen LogP contribution in [0.2, 0.25) is 0 Å². The number of fused-ring (bicyclic) bond motifs is 1. The standard InChI is InChI=1S/C14H8N2O4/c17-13-11-7-9(4-5-12(11)15-14(13)18)8-2-1-3-10(6-8)16(19)20/h1-7H,(H,15,17,18). The zero-order chi connectivity index (χ0) is 14.3. The summed E-state index contributed by atoms with van der Waals surface area (Å²) in [4.78, 5) is 33.2. The molecule has 1 aliphatic rings. The number of non-ortho nitro benzene ring substituents is 1. The highest BCUT2D eigenvalue weighted by atomic mass is 16.6. The van der Waals surface area contributed by atoms with Crippen molar-refractivity contribution in [2.24, 2.45) is 0 Å². The third-order valence-corrected chi connectivity index (χ3v) is 3.11. The quantitative estimate of drug-likeness (QED) is 0.514. The van der Waals surface area contributed by atoms with Crippen molar-refractivity contribution in [3.63, 3.8) is 0 Å². The number of hydrogen-bond donors (Lipinski definition) is 1. The van der Waals surface area contributed by atoms with E-state index in [0.717, 1.165) is 0 Å². The number of ketones is 1. The molecule has 20 heavy (non-hydrogen) atoms. The van der Waals surface area contributed by atoms with Gasteiger partial charge in [-0.3, -0.25) is 19.7 Å². The van der Waals surface area contributed by atoms with Gasteiger partial charge < -0.3 is 5.32 Å². The number of nitrogens with zero attached hydrogens (tertiary/aromatic N) is 1. The molecule has 0 spiro atoms. The molecule has 0 unspecified atom stereocenters. The van der Waals surface area contributed by atoms with Gasteiger partial charge in [0.1, 0.15) is 0 Å². The van der Waals surface area contributed by atoms with Gasteiger partial charge in [-0.05, 0) is 23.3 Å². The molecule has 1 aliphatic heterocycles. The zero-order valence-electron chi connectivity index (χ0n) is 10.1. The molecule has 0 saturated carbocycles. The van der Waals surface area contributed by atoms with Gasteiger partial charge in [0.2, 0.25) is 0 Å². The molecule has 0 atom stereocenters. The number of carbonyl (C=O) groups is 2. The number of nitrogens with one attached hydrogen (secondary N) is 1. The van der Waals surface area contributed by atoms with Crippen LogP contribution in [-0.2, 0) is 4.79 Å². The number of amides is 1. The van der Waals surface area contributed by atoms with Crippen molar-refractivity contribution in [2.45, 2.75) is 0 Å². The van der Waals surface area contributed by atoms with Gasteiger partial charge in [0.25, 0.3) is 17.4 Å². The van der Waals surface area contributed by atoms with Crippen LogP contribution in [-0.4, -0.2) is 16.6 Å². The number of nitro benzene ring substituents is 1. The minimum atomic E-state index is -0.656. The predicted molar refractivity (Wildman–Crippen MR) is 71.5 cm³/mol. The first-order valence-corrected chi connectivity index (χ1v) is 5.81. The average Bonchev–Trinajstić information content (AvgIpc) is 2.74. The molecule has 0 saturated heterocycles. The van der Waals surface area contributed by atoms with Crippen LogP contribution in [0.3, 0.4) is 0 Å². The number of hydrogen-bond acceptors (Lipinski definition) is 4. The van der Waals surface area contributed by atoms with Gasteiger partial charge in [-0.2, -0.15) is 0 Å². The lowest BCUT2D eigenvalue weighted by Gasteiger charge is -2.04. The maximum absolute atomic E-state index is 11.6. The molecular weight excluding hydrogens is 260 g/mol. The number of nitro groups is 1. The molecule has 3 rings (SSSR count). The summed E-state index contributed by atoms with van der Waals surface area (Å²) in [7, 11) is 0. The molecule has 0 aromatic heterocycles. The number of benzene rings is 2. The third-order valence-electron chi connectivity index (χ3n) is 3.11. The van der Waals surface area contributed by atoms with Gasteiger partial charge in [-0.15, -0.1) is 0 Å². The normalized spacial score (nSPS) is 13.0. The fraction of sp³-hybridized carbons (Fsp3) is 0. The molecule has 2 aromatic carbocycles. The van der Waals surface area contributed by atoms with Crippen molar-refractivity contribution in [1.82, 2.24) is 0 Å². The summed E-state index contributed by atoms with van der Waals surface area (Å²) >= 11 is 0. The highest BCUT2D eigenvalue weighted by molar-refractivity contribution is 6.51. The van der Waals surface area contributed by atoms with E-state index in [2.05, 4.69) is 5.32 Å². The minimum absolute atomic E-state index is 0.0245. The molecule has 6 heteroatoms. The van der Waals surface area contributed by atoms with E-state index in [-0.39, 0.29) is 5.69 Å². The van der Waals surface area contributed by atoms with E-state index in [0.29, 0.717) is 22.4 Å². The van der Waals surface area contributed by atoms with Crippen molar-refractivity contribution in [3.8, 4) is 11.1 Å². The van der Waals surface area contributed by atoms with Gasteiger partial charge in [0, 0.05) is 12.1 Å². The Kier molecular flexibility index (Phi) is 2.57. The molecule has 0 radical (unpaired) electrons. The Hall–Kier alpha value is -3.02. The van der Waals surface area contributed by atoms with Gasteiger partial charge >= 0.3 is 0 Å². The summed E-state index contributed by atoms with van der Waals surface area (Å²) in [5, 5.41) is 13.2. The van der Waals surface area contributed by atoms with Gasteiger partial charge in [-0.1, -0.05) is 18.2 Å². The smallest absolute Gasteiger partial charge is 0.296 e. The summed E-state index contributed by atoms with van der Waals surface area (Å²) in [5.74, 6) is -1.25. The highest BCUT2D eigenvalue weighted by Gasteiger charge is 2.28. The van der Waals surface area contributed by atoms with Crippen molar-refractivity contribution >= 4 is 23.1 Å². The lowest BCUT2D eigenvalue weighted by molar-refractivity contribution is -0.384. The minimum Gasteiger partial charge on any atom is -0.318 e. The second kappa shape index (κ2) is 4.27. The molecule has 6 nitrogen and oxygen atoms in total. The summed E-state index contributed by atoms with van der Waals surface area (Å²) in [6.07, 6.45) is 0. The van der Waals surface area contributed by atoms with E-state index >= 15 is 0 Å². The topological polar surface area (TPSA) is 89.3 Å². The van der Waals surface area contributed by atoms with Crippen molar-refractivity contribution in [2.75, 3.05) is 5.32 Å². The van der Waals surface area contributed by atoms with Gasteiger partial charge in [0.05, 0.1) is 16.2 Å². The summed E-state index contributed by atoms with van der Waals surface area (Å²) < 4.78 is 0. The Morgan fingerprint density at radius 1 is 1.00 bits per heavy atom. The average molecular weight is 268 g/mol. The SMILES string of the molecule is O=C1Nc2ccc(-c3cccc([N+](=O)[O-])c3)cc2C1=O. The Bertz CT molecular complexity index is 768. The molecule has 0 bridgehead atoms. The van der Waals surface area contributed by atoms with Crippen LogP contribution < -0.4 is 5.32 Å². The highest BCUT2D eigenvalue weighted by Crippen LogP contribution is 2.30. The van der Waals surface area contributed by atoms with E-state index in [9.17, 15) is 19.7 Å². The molecule has 2 aromatic rings. The third kappa shape index (κ3) is 1.83. The maximum atomic E-state index is 11.6. The molecule has 1 amide bonds. The fourth-order valence-electron chi connectivity index (χ4n) is 2.12. The summed E-state index contributed by atoms with van der Waals surface area (Å²) in [6, 6.07) is 11.0. The lowest BCUT2D eigenvalue weighted by atomic mass is 10.0. The number of anilines is 1. The van der Waals surface area contributed by atoms with E-state index in [1.54, 1.807) is 30.3 Å². The number of carbonyl (C=O) groups excluding carboxylic acids is 2. The summed E-state index contributed by atoms with van der Waals surface area (Å²) in [5.41, 5.74) is 2.00. The molecular formula is C14H8N2O4.